The average molecular weight is 268 g/mol. The first-order valence-corrected chi connectivity index (χ1v) is 6.26. The van der Waals surface area contributed by atoms with Gasteiger partial charge in [-0.2, -0.15) is 5.26 Å². The lowest BCUT2D eigenvalue weighted by molar-refractivity contribution is 0.284. The zero-order valence-corrected chi connectivity index (χ0v) is 11.3. The van der Waals surface area contributed by atoms with Gasteiger partial charge in [-0.05, 0) is 23.8 Å². The van der Waals surface area contributed by atoms with Crippen LogP contribution in [0.3, 0.4) is 0 Å². The summed E-state index contributed by atoms with van der Waals surface area (Å²) in [4.78, 5) is 0. The number of nitrogens with two attached hydrogens (primary N) is 1. The van der Waals surface area contributed by atoms with Crippen molar-refractivity contribution in [2.75, 3.05) is 7.11 Å². The molecule has 0 aliphatic carbocycles. The summed E-state index contributed by atoms with van der Waals surface area (Å²) >= 11 is 0. The van der Waals surface area contributed by atoms with Gasteiger partial charge in [0.1, 0.15) is 6.61 Å². The van der Waals surface area contributed by atoms with E-state index in [9.17, 15) is 0 Å². The Hall–Kier alpha value is -2.51. The lowest BCUT2D eigenvalue weighted by Crippen LogP contribution is -2.01. The second kappa shape index (κ2) is 6.60. The Morgan fingerprint density at radius 1 is 1.15 bits per heavy atom. The van der Waals surface area contributed by atoms with Gasteiger partial charge in [0.05, 0.1) is 18.7 Å². The third-order valence-corrected chi connectivity index (χ3v) is 2.98. The van der Waals surface area contributed by atoms with Crippen LogP contribution in [0.2, 0.25) is 0 Å². The molecule has 0 bridgehead atoms. The number of benzene rings is 2. The maximum atomic E-state index is 9.04. The van der Waals surface area contributed by atoms with Gasteiger partial charge in [-0.25, -0.2) is 0 Å². The Kier molecular flexibility index (Phi) is 4.59. The minimum Gasteiger partial charge on any atom is -0.493 e. The van der Waals surface area contributed by atoms with Gasteiger partial charge in [0.25, 0.3) is 0 Å². The van der Waals surface area contributed by atoms with Crippen LogP contribution < -0.4 is 15.2 Å². The average Bonchev–Trinajstić information content (AvgIpc) is 2.52. The molecule has 0 aromatic heterocycles. The van der Waals surface area contributed by atoms with Crippen molar-refractivity contribution < 1.29 is 9.47 Å². The molecule has 0 amide bonds. The molecule has 0 fully saturated rings. The molecule has 0 atom stereocenters. The van der Waals surface area contributed by atoms with Gasteiger partial charge in [0.15, 0.2) is 11.5 Å². The monoisotopic (exact) mass is 268 g/mol. The number of hydrogen-bond donors (Lipinski definition) is 1. The van der Waals surface area contributed by atoms with Crippen LogP contribution in [-0.4, -0.2) is 7.11 Å². The molecule has 0 spiro atoms. The van der Waals surface area contributed by atoms with Crippen molar-refractivity contribution in [1.82, 2.24) is 0 Å². The molecule has 4 nitrogen and oxygen atoms in total. The fraction of sp³-hybridized carbons (Fsp3) is 0.188. The van der Waals surface area contributed by atoms with E-state index in [2.05, 4.69) is 6.07 Å². The highest BCUT2D eigenvalue weighted by Crippen LogP contribution is 2.28. The molecular weight excluding hydrogens is 252 g/mol. The minimum atomic E-state index is 0.321. The molecule has 0 saturated heterocycles. The smallest absolute Gasteiger partial charge is 0.161 e. The van der Waals surface area contributed by atoms with Gasteiger partial charge in [-0.1, -0.05) is 24.3 Å². The normalized spacial score (nSPS) is 9.85. The number of methoxy groups -OCH3 is 1. The van der Waals surface area contributed by atoms with Gasteiger partial charge in [-0.15, -0.1) is 0 Å². The van der Waals surface area contributed by atoms with Crippen molar-refractivity contribution in [3.05, 3.63) is 59.2 Å². The van der Waals surface area contributed by atoms with Gasteiger partial charge < -0.3 is 15.2 Å². The van der Waals surface area contributed by atoms with Gasteiger partial charge >= 0.3 is 0 Å². The lowest BCUT2D eigenvalue weighted by Gasteiger charge is -2.12. The summed E-state index contributed by atoms with van der Waals surface area (Å²) < 4.78 is 11.0. The van der Waals surface area contributed by atoms with Crippen LogP contribution in [-0.2, 0) is 13.2 Å². The fourth-order valence-corrected chi connectivity index (χ4v) is 1.87. The number of hydrogen-bond acceptors (Lipinski definition) is 4. The number of ether oxygens (including phenoxy) is 2. The van der Waals surface area contributed by atoms with Crippen molar-refractivity contribution in [2.24, 2.45) is 5.73 Å². The predicted octanol–water partition coefficient (Wildman–Crippen LogP) is 2.60. The summed E-state index contributed by atoms with van der Waals surface area (Å²) in [5, 5.41) is 9.04. The van der Waals surface area contributed by atoms with E-state index in [1.807, 2.05) is 36.4 Å². The van der Waals surface area contributed by atoms with Crippen molar-refractivity contribution >= 4 is 0 Å². The van der Waals surface area contributed by atoms with Gasteiger partial charge in [-0.3, -0.25) is 0 Å². The van der Waals surface area contributed by atoms with E-state index in [0.717, 1.165) is 11.1 Å². The molecule has 0 unspecified atom stereocenters. The second-order valence-electron chi connectivity index (χ2n) is 4.25. The quantitative estimate of drug-likeness (QED) is 0.905. The first kappa shape index (κ1) is 13.9. The first-order chi connectivity index (χ1) is 9.78. The highest BCUT2D eigenvalue weighted by molar-refractivity contribution is 5.43. The van der Waals surface area contributed by atoms with Crippen LogP contribution in [0.25, 0.3) is 0 Å². The number of nitriles is 1. The Balaban J connectivity index is 2.17. The van der Waals surface area contributed by atoms with E-state index in [1.54, 1.807) is 13.2 Å². The molecule has 4 heteroatoms. The molecule has 2 aromatic carbocycles. The highest BCUT2D eigenvalue weighted by atomic mass is 16.5. The van der Waals surface area contributed by atoms with E-state index >= 15 is 0 Å². The molecule has 0 saturated carbocycles. The van der Waals surface area contributed by atoms with Crippen LogP contribution in [0.1, 0.15) is 16.7 Å². The summed E-state index contributed by atoms with van der Waals surface area (Å²) in [7, 11) is 1.59. The van der Waals surface area contributed by atoms with Crippen LogP contribution in [0.5, 0.6) is 11.5 Å². The lowest BCUT2D eigenvalue weighted by atomic mass is 10.1. The molecule has 0 aliphatic heterocycles. The van der Waals surface area contributed by atoms with Crippen LogP contribution in [0.15, 0.2) is 42.5 Å². The summed E-state index contributed by atoms with van der Waals surface area (Å²) in [6.07, 6.45) is 0. The molecule has 0 aliphatic rings. The third-order valence-electron chi connectivity index (χ3n) is 2.98. The standard InChI is InChI=1S/C16H16N2O2/c1-19-16-8-12(9-17)6-7-15(16)20-11-14-5-3-2-4-13(14)10-18/h2-8H,9,11,17H2,1H3. The van der Waals surface area contributed by atoms with Crippen molar-refractivity contribution in [2.45, 2.75) is 13.2 Å². The summed E-state index contributed by atoms with van der Waals surface area (Å²) in [5.74, 6) is 1.28. The SMILES string of the molecule is COc1cc(CN)ccc1OCc1ccccc1C#N. The van der Waals surface area contributed by atoms with E-state index in [1.165, 1.54) is 0 Å². The molecule has 2 aromatic rings. The second-order valence-corrected chi connectivity index (χ2v) is 4.25. The summed E-state index contributed by atoms with van der Waals surface area (Å²) in [5.41, 5.74) is 8.04. The van der Waals surface area contributed by atoms with Gasteiger partial charge in [0, 0.05) is 12.1 Å². The van der Waals surface area contributed by atoms with Crippen LogP contribution in [0, 0.1) is 11.3 Å². The number of nitrogens with zero attached hydrogens (tertiary/aromatic N) is 1. The maximum absolute atomic E-state index is 9.04. The largest absolute Gasteiger partial charge is 0.493 e. The van der Waals surface area contributed by atoms with Crippen molar-refractivity contribution in [3.63, 3.8) is 0 Å². The molecule has 102 valence electrons. The summed E-state index contributed by atoms with van der Waals surface area (Å²) in [6.45, 7) is 0.774. The maximum Gasteiger partial charge on any atom is 0.161 e. The number of rotatable bonds is 5. The molecule has 0 heterocycles. The molecular formula is C16H16N2O2. The zero-order chi connectivity index (χ0) is 14.4. The Labute approximate surface area is 118 Å². The summed E-state index contributed by atoms with van der Waals surface area (Å²) in [6, 6.07) is 15.1. The predicted molar refractivity (Wildman–Crippen MR) is 76.4 cm³/mol. The van der Waals surface area contributed by atoms with Crippen molar-refractivity contribution in [1.29, 1.82) is 5.26 Å². The molecule has 2 rings (SSSR count). The Morgan fingerprint density at radius 2 is 1.95 bits per heavy atom. The Morgan fingerprint density at radius 3 is 2.65 bits per heavy atom. The van der Waals surface area contributed by atoms with E-state index in [0.29, 0.717) is 30.2 Å². The van der Waals surface area contributed by atoms with E-state index < -0.39 is 0 Å². The van der Waals surface area contributed by atoms with Crippen LogP contribution in [0.4, 0.5) is 0 Å². The van der Waals surface area contributed by atoms with Crippen molar-refractivity contribution in [3.8, 4) is 17.6 Å². The topological polar surface area (TPSA) is 68.3 Å². The first-order valence-electron chi connectivity index (χ1n) is 6.26. The molecule has 20 heavy (non-hydrogen) atoms. The van der Waals surface area contributed by atoms with E-state index in [-0.39, 0.29) is 0 Å². The minimum absolute atomic E-state index is 0.321. The fourth-order valence-electron chi connectivity index (χ4n) is 1.87. The highest BCUT2D eigenvalue weighted by Gasteiger charge is 2.07. The molecule has 2 N–H and O–H groups in total. The van der Waals surface area contributed by atoms with Crippen LogP contribution >= 0.6 is 0 Å². The zero-order valence-electron chi connectivity index (χ0n) is 11.3. The molecule has 0 radical (unpaired) electrons. The van der Waals surface area contributed by atoms with Gasteiger partial charge in [0.2, 0.25) is 0 Å². The Bertz CT molecular complexity index is 633. The van der Waals surface area contributed by atoms with E-state index in [4.69, 9.17) is 20.5 Å². The third kappa shape index (κ3) is 3.08.